The maximum Gasteiger partial charge on any atom is 0.309 e. The summed E-state index contributed by atoms with van der Waals surface area (Å²) in [5, 5.41) is 0. The molecule has 0 spiro atoms. The van der Waals surface area contributed by atoms with Gasteiger partial charge in [-0.3, -0.25) is 14.4 Å². The molecule has 1 unspecified atom stereocenters. The van der Waals surface area contributed by atoms with Gasteiger partial charge < -0.3 is 14.2 Å². The average molecular weight is 785 g/mol. The molecule has 0 radical (unpaired) electrons. The van der Waals surface area contributed by atoms with Crippen LogP contribution in [0.3, 0.4) is 0 Å². The van der Waals surface area contributed by atoms with Crippen LogP contribution in [0.5, 0.6) is 0 Å². The van der Waals surface area contributed by atoms with E-state index in [9.17, 15) is 14.4 Å². The Balaban J connectivity index is 4.31. The largest absolute Gasteiger partial charge is 0.462 e. The first-order valence-corrected chi connectivity index (χ1v) is 23.6. The van der Waals surface area contributed by atoms with Crippen molar-refractivity contribution in [2.75, 3.05) is 13.2 Å². The van der Waals surface area contributed by atoms with Crippen molar-refractivity contribution in [2.24, 2.45) is 0 Å². The number of hydrogen-bond acceptors (Lipinski definition) is 6. The Morgan fingerprint density at radius 2 is 0.786 bits per heavy atom. The third-order valence-electron chi connectivity index (χ3n) is 10.1. The number of allylic oxidation sites excluding steroid dienone is 7. The summed E-state index contributed by atoms with van der Waals surface area (Å²) in [4.78, 5) is 37.6. The first-order chi connectivity index (χ1) is 27.5. The van der Waals surface area contributed by atoms with E-state index in [0.717, 1.165) is 70.6 Å². The van der Waals surface area contributed by atoms with Gasteiger partial charge in [-0.2, -0.15) is 0 Å². The fourth-order valence-electron chi connectivity index (χ4n) is 6.54. The van der Waals surface area contributed by atoms with Crippen molar-refractivity contribution >= 4 is 17.9 Å². The molecule has 0 aliphatic carbocycles. The minimum absolute atomic E-state index is 0.101. The highest BCUT2D eigenvalue weighted by Crippen LogP contribution is 2.15. The first kappa shape index (κ1) is 53.4. The van der Waals surface area contributed by atoms with Gasteiger partial charge in [0.15, 0.2) is 6.10 Å². The molecule has 0 N–H and O–H groups in total. The lowest BCUT2D eigenvalue weighted by Crippen LogP contribution is -2.30. The van der Waals surface area contributed by atoms with Crippen molar-refractivity contribution in [1.82, 2.24) is 0 Å². The molecular formula is C50H88O6. The standard InChI is InChI=1S/C50H88O6/c1-4-7-10-13-16-19-21-22-23-24-25-26-27-29-31-34-37-40-43-49(52)55-46-47(45-54-48(51)42-39-36-33-30-18-15-12-9-6-3)56-50(53)44-41-38-35-32-28-20-17-14-11-8-5-2/h9,12,14,17-18,30,36,39,47H,4-8,10-11,13,15-16,19-29,31-35,37-38,40-46H2,1-3H3/b12-9-,17-14-,30-18-,39-36-. The van der Waals surface area contributed by atoms with Gasteiger partial charge >= 0.3 is 17.9 Å². The summed E-state index contributed by atoms with van der Waals surface area (Å²) in [7, 11) is 0. The summed E-state index contributed by atoms with van der Waals surface area (Å²) in [6, 6.07) is 0. The third-order valence-corrected chi connectivity index (χ3v) is 10.1. The third kappa shape index (κ3) is 42.5. The van der Waals surface area contributed by atoms with Crippen molar-refractivity contribution in [3.05, 3.63) is 48.6 Å². The van der Waals surface area contributed by atoms with Crippen LogP contribution < -0.4 is 0 Å². The van der Waals surface area contributed by atoms with Gasteiger partial charge in [-0.1, -0.05) is 211 Å². The van der Waals surface area contributed by atoms with Crippen molar-refractivity contribution in [1.29, 1.82) is 0 Å². The van der Waals surface area contributed by atoms with Gasteiger partial charge in [0.25, 0.3) is 0 Å². The maximum absolute atomic E-state index is 12.7. The van der Waals surface area contributed by atoms with Crippen LogP contribution >= 0.6 is 0 Å². The Labute approximate surface area is 346 Å². The van der Waals surface area contributed by atoms with Gasteiger partial charge in [0.1, 0.15) is 13.2 Å². The van der Waals surface area contributed by atoms with Crippen LogP contribution in [0.1, 0.15) is 233 Å². The van der Waals surface area contributed by atoms with E-state index in [4.69, 9.17) is 14.2 Å². The van der Waals surface area contributed by atoms with Crippen molar-refractivity contribution in [3.8, 4) is 0 Å². The zero-order chi connectivity index (χ0) is 40.8. The van der Waals surface area contributed by atoms with E-state index in [1.54, 1.807) is 6.08 Å². The minimum atomic E-state index is -0.807. The predicted octanol–water partition coefficient (Wildman–Crippen LogP) is 15.1. The average Bonchev–Trinajstić information content (AvgIpc) is 3.19. The van der Waals surface area contributed by atoms with Gasteiger partial charge in [-0.05, 0) is 51.4 Å². The van der Waals surface area contributed by atoms with Crippen LogP contribution in [-0.2, 0) is 28.6 Å². The molecule has 0 bridgehead atoms. The summed E-state index contributed by atoms with van der Waals surface area (Å²) in [6.45, 7) is 6.38. The van der Waals surface area contributed by atoms with Crippen molar-refractivity contribution in [2.45, 2.75) is 239 Å². The number of ether oxygens (including phenoxy) is 3. The lowest BCUT2D eigenvalue weighted by Gasteiger charge is -2.18. The fourth-order valence-corrected chi connectivity index (χ4v) is 6.54. The molecule has 6 nitrogen and oxygen atoms in total. The zero-order valence-electron chi connectivity index (χ0n) is 36.9. The summed E-state index contributed by atoms with van der Waals surface area (Å²) in [5.74, 6) is -1.04. The molecule has 6 heteroatoms. The predicted molar refractivity (Wildman–Crippen MR) is 238 cm³/mol. The minimum Gasteiger partial charge on any atom is -0.462 e. The van der Waals surface area contributed by atoms with Crippen LogP contribution in [0.2, 0.25) is 0 Å². The Hall–Kier alpha value is -2.63. The molecule has 1 atom stereocenters. The Bertz CT molecular complexity index is 996. The van der Waals surface area contributed by atoms with Crippen LogP contribution in [0, 0.1) is 0 Å². The number of carbonyl (C=O) groups excluding carboxylic acids is 3. The highest BCUT2D eigenvalue weighted by molar-refractivity contribution is 5.72. The molecule has 324 valence electrons. The quantitative estimate of drug-likeness (QED) is 0.0265. The second kappa shape index (κ2) is 45.1. The number of hydrogen-bond donors (Lipinski definition) is 0. The summed E-state index contributed by atoms with van der Waals surface area (Å²) < 4.78 is 16.6. The SMILES string of the molecule is CC/C=C\C/C=C\C/C=C\CC(=O)OCC(COC(=O)CCCCCCCCCCCCCCCCCCCC)OC(=O)CCCCCCC/C=C\CCCC. The molecule has 0 aromatic heterocycles. The highest BCUT2D eigenvalue weighted by Gasteiger charge is 2.19. The van der Waals surface area contributed by atoms with Crippen LogP contribution in [0.15, 0.2) is 48.6 Å². The van der Waals surface area contributed by atoms with Crippen molar-refractivity contribution < 1.29 is 28.6 Å². The molecule has 0 amide bonds. The van der Waals surface area contributed by atoms with Gasteiger partial charge in [-0.25, -0.2) is 0 Å². The molecular weight excluding hydrogens is 697 g/mol. The van der Waals surface area contributed by atoms with Crippen LogP contribution in [0.4, 0.5) is 0 Å². The van der Waals surface area contributed by atoms with E-state index in [2.05, 4.69) is 57.2 Å². The number of esters is 3. The van der Waals surface area contributed by atoms with E-state index >= 15 is 0 Å². The number of rotatable bonds is 42. The Morgan fingerprint density at radius 3 is 1.29 bits per heavy atom. The smallest absolute Gasteiger partial charge is 0.309 e. The van der Waals surface area contributed by atoms with E-state index in [0.29, 0.717) is 12.8 Å². The van der Waals surface area contributed by atoms with E-state index < -0.39 is 12.1 Å². The fraction of sp³-hybridized carbons (Fsp3) is 0.780. The number of unbranched alkanes of at least 4 members (excludes halogenated alkanes) is 24. The van der Waals surface area contributed by atoms with Gasteiger partial charge in [0.05, 0.1) is 6.42 Å². The molecule has 0 aromatic carbocycles. The molecule has 0 heterocycles. The molecule has 0 saturated heterocycles. The Morgan fingerprint density at radius 1 is 0.393 bits per heavy atom. The zero-order valence-corrected chi connectivity index (χ0v) is 36.9. The van der Waals surface area contributed by atoms with Crippen LogP contribution in [0.25, 0.3) is 0 Å². The van der Waals surface area contributed by atoms with E-state index in [1.165, 1.54) is 122 Å². The molecule has 0 fully saturated rings. The molecule has 56 heavy (non-hydrogen) atoms. The molecule has 0 aliphatic rings. The van der Waals surface area contributed by atoms with Crippen molar-refractivity contribution in [3.63, 3.8) is 0 Å². The topological polar surface area (TPSA) is 78.9 Å². The lowest BCUT2D eigenvalue weighted by atomic mass is 10.0. The molecule has 0 saturated carbocycles. The first-order valence-electron chi connectivity index (χ1n) is 23.6. The van der Waals surface area contributed by atoms with Gasteiger partial charge in [0.2, 0.25) is 0 Å². The second-order valence-electron chi connectivity index (χ2n) is 15.7. The highest BCUT2D eigenvalue weighted by atomic mass is 16.6. The van der Waals surface area contributed by atoms with Crippen LogP contribution in [-0.4, -0.2) is 37.2 Å². The lowest BCUT2D eigenvalue weighted by molar-refractivity contribution is -0.166. The van der Waals surface area contributed by atoms with Gasteiger partial charge in [0, 0.05) is 12.8 Å². The second-order valence-corrected chi connectivity index (χ2v) is 15.7. The van der Waals surface area contributed by atoms with Gasteiger partial charge in [-0.15, -0.1) is 0 Å². The monoisotopic (exact) mass is 785 g/mol. The van der Waals surface area contributed by atoms with E-state index in [-0.39, 0.29) is 31.6 Å². The summed E-state index contributed by atoms with van der Waals surface area (Å²) in [5.41, 5.74) is 0. The summed E-state index contributed by atoms with van der Waals surface area (Å²) in [6.07, 6.45) is 52.8. The summed E-state index contributed by atoms with van der Waals surface area (Å²) >= 11 is 0. The molecule has 0 aromatic rings. The normalized spacial score (nSPS) is 12.4. The Kier molecular flexibility index (Phi) is 43.0. The number of carbonyl (C=O) groups is 3. The van der Waals surface area contributed by atoms with E-state index in [1.807, 2.05) is 6.08 Å². The molecule has 0 aliphatic heterocycles. The maximum atomic E-state index is 12.7. The molecule has 0 rings (SSSR count).